The molecule has 0 saturated carbocycles. The van der Waals surface area contributed by atoms with Gasteiger partial charge in [-0.05, 0) is 11.5 Å². The van der Waals surface area contributed by atoms with Crippen LogP contribution in [0, 0.1) is 0 Å². The van der Waals surface area contributed by atoms with Crippen LogP contribution in [0.2, 0.25) is 0 Å². The van der Waals surface area contributed by atoms with E-state index in [1.54, 1.807) is 0 Å². The number of hydrogen-bond donors (Lipinski definition) is 2. The van der Waals surface area contributed by atoms with Gasteiger partial charge in [0.25, 0.3) is 0 Å². The first-order chi connectivity index (χ1) is 6.42. The van der Waals surface area contributed by atoms with Crippen LogP contribution in [0.4, 0.5) is 28.4 Å². The van der Waals surface area contributed by atoms with Gasteiger partial charge in [-0.15, -0.1) is 0 Å². The molecule has 80 valence electrons. The van der Waals surface area contributed by atoms with Gasteiger partial charge in [0.05, 0.1) is 6.54 Å². The second-order valence-electron chi connectivity index (χ2n) is 2.53. The zero-order valence-corrected chi connectivity index (χ0v) is 7.62. The molecule has 0 unspecified atom stereocenters. The summed E-state index contributed by atoms with van der Waals surface area (Å²) in [4.78, 5) is 0. The van der Waals surface area contributed by atoms with Gasteiger partial charge in [-0.3, -0.25) is 0 Å². The number of nitrogens with zero attached hydrogens (tertiary/aromatic N) is 1. The van der Waals surface area contributed by atoms with E-state index in [9.17, 15) is 17.6 Å². The number of nitrogens with one attached hydrogen (secondary N) is 1. The second kappa shape index (κ2) is 3.99. The maximum Gasteiger partial charge on any atom is 0.324 e. The summed E-state index contributed by atoms with van der Waals surface area (Å²) in [6, 6.07) is 1.30. The number of halogens is 4. The number of nitrogen functional groups attached to an aromatic ring is 1. The summed E-state index contributed by atoms with van der Waals surface area (Å²) in [5, 5.41) is 2.37. The second-order valence-corrected chi connectivity index (χ2v) is 3.34. The van der Waals surface area contributed by atoms with E-state index in [-0.39, 0.29) is 10.8 Å². The number of nitrogens with two attached hydrogens (primary N) is 1. The number of rotatable bonds is 4. The van der Waals surface area contributed by atoms with Gasteiger partial charge in [-0.2, -0.15) is 13.2 Å². The molecule has 0 spiro atoms. The van der Waals surface area contributed by atoms with Gasteiger partial charge >= 0.3 is 12.3 Å². The van der Waals surface area contributed by atoms with Gasteiger partial charge in [0, 0.05) is 6.07 Å². The van der Waals surface area contributed by atoms with Crippen LogP contribution in [0.1, 0.15) is 0 Å². The molecule has 3 N–H and O–H groups in total. The quantitative estimate of drug-likeness (QED) is 0.777. The first-order valence-electron chi connectivity index (χ1n) is 3.54. The van der Waals surface area contributed by atoms with E-state index >= 15 is 0 Å². The first-order valence-corrected chi connectivity index (χ1v) is 4.31. The lowest BCUT2D eigenvalue weighted by Crippen LogP contribution is -2.34. The monoisotopic (exact) mass is 229 g/mol. The average molecular weight is 229 g/mol. The minimum atomic E-state index is -4.04. The van der Waals surface area contributed by atoms with Gasteiger partial charge in [0.1, 0.15) is 10.8 Å². The van der Waals surface area contributed by atoms with E-state index in [1.165, 1.54) is 6.07 Å². The lowest BCUT2D eigenvalue weighted by atomic mass is 10.3. The van der Waals surface area contributed by atoms with E-state index < -0.39 is 18.9 Å². The lowest BCUT2D eigenvalue weighted by Gasteiger charge is -2.15. The summed E-state index contributed by atoms with van der Waals surface area (Å²) in [5.41, 5.74) is 5.20. The molecule has 0 fully saturated rings. The van der Waals surface area contributed by atoms with Crippen molar-refractivity contribution >= 4 is 22.4 Å². The molecule has 1 rings (SSSR count). The van der Waals surface area contributed by atoms with Crippen LogP contribution in [-0.4, -0.2) is 23.3 Å². The van der Waals surface area contributed by atoms with E-state index in [4.69, 9.17) is 5.73 Å². The predicted octanol–water partition coefficient (Wildman–Crippen LogP) is 2.04. The molecular formula is C6H7F4N3S. The summed E-state index contributed by atoms with van der Waals surface area (Å²) in [5.74, 6) is -3.88. The SMILES string of the molecule is Nc1cc(NCC(F)(F)C(F)F)sn1. The average Bonchev–Trinajstić information content (AvgIpc) is 2.48. The third kappa shape index (κ3) is 2.72. The van der Waals surface area contributed by atoms with Crippen LogP contribution >= 0.6 is 11.5 Å². The van der Waals surface area contributed by atoms with E-state index in [2.05, 4.69) is 9.69 Å². The normalized spacial score (nSPS) is 12.1. The minimum Gasteiger partial charge on any atom is -0.383 e. The molecule has 0 aliphatic heterocycles. The summed E-state index contributed by atoms with van der Waals surface area (Å²) >= 11 is 0.838. The Labute approximate surface area is 81.1 Å². The van der Waals surface area contributed by atoms with Crippen LogP contribution < -0.4 is 11.1 Å². The molecule has 0 aliphatic carbocycles. The van der Waals surface area contributed by atoms with E-state index in [0.29, 0.717) is 0 Å². The molecule has 3 nitrogen and oxygen atoms in total. The molecule has 1 aromatic heterocycles. The third-order valence-electron chi connectivity index (χ3n) is 1.35. The number of anilines is 2. The Bertz CT molecular complexity index is 301. The molecule has 0 bridgehead atoms. The van der Waals surface area contributed by atoms with Crippen molar-refractivity contribution in [2.45, 2.75) is 12.3 Å². The summed E-state index contributed by atoms with van der Waals surface area (Å²) in [6.07, 6.45) is -3.68. The smallest absolute Gasteiger partial charge is 0.324 e. The fraction of sp³-hybridized carbons (Fsp3) is 0.500. The fourth-order valence-electron chi connectivity index (χ4n) is 0.654. The molecule has 1 aromatic rings. The Morgan fingerprint density at radius 2 is 2.21 bits per heavy atom. The molecule has 0 atom stereocenters. The zero-order chi connectivity index (χ0) is 10.8. The van der Waals surface area contributed by atoms with Crippen LogP contribution in [0.5, 0.6) is 0 Å². The Hall–Kier alpha value is -1.05. The molecule has 0 aromatic carbocycles. The predicted molar refractivity (Wildman–Crippen MR) is 46.0 cm³/mol. The van der Waals surface area contributed by atoms with E-state index in [1.807, 2.05) is 0 Å². The van der Waals surface area contributed by atoms with Gasteiger partial charge in [-0.1, -0.05) is 0 Å². The fourth-order valence-corrected chi connectivity index (χ4v) is 1.22. The van der Waals surface area contributed by atoms with Crippen LogP contribution in [0.25, 0.3) is 0 Å². The number of alkyl halides is 4. The lowest BCUT2D eigenvalue weighted by molar-refractivity contribution is -0.117. The van der Waals surface area contributed by atoms with Crippen molar-refractivity contribution in [1.82, 2.24) is 4.37 Å². The number of hydrogen-bond acceptors (Lipinski definition) is 4. The molecule has 14 heavy (non-hydrogen) atoms. The maximum absolute atomic E-state index is 12.4. The van der Waals surface area contributed by atoms with Gasteiger partial charge < -0.3 is 11.1 Å². The molecule has 1 heterocycles. The zero-order valence-electron chi connectivity index (χ0n) is 6.81. The molecule has 0 aliphatic rings. The van der Waals surface area contributed by atoms with Crippen molar-refractivity contribution in [1.29, 1.82) is 0 Å². The van der Waals surface area contributed by atoms with Gasteiger partial charge in [-0.25, -0.2) is 8.78 Å². The highest BCUT2D eigenvalue weighted by Gasteiger charge is 2.40. The summed E-state index contributed by atoms with van der Waals surface area (Å²) in [6.45, 7) is -1.13. The first kappa shape index (κ1) is 11.0. The minimum absolute atomic E-state index is 0.165. The van der Waals surface area contributed by atoms with Crippen LogP contribution in [0.15, 0.2) is 6.07 Å². The van der Waals surface area contributed by atoms with Gasteiger partial charge in [0.15, 0.2) is 0 Å². The van der Waals surface area contributed by atoms with Crippen molar-refractivity contribution in [3.63, 3.8) is 0 Å². The maximum atomic E-state index is 12.4. The molecular weight excluding hydrogens is 222 g/mol. The Kier molecular flexibility index (Phi) is 3.14. The topological polar surface area (TPSA) is 50.9 Å². The molecule has 0 radical (unpaired) electrons. The van der Waals surface area contributed by atoms with Crippen molar-refractivity contribution < 1.29 is 17.6 Å². The van der Waals surface area contributed by atoms with Crippen molar-refractivity contribution in [2.24, 2.45) is 0 Å². The molecule has 0 amide bonds. The third-order valence-corrected chi connectivity index (χ3v) is 2.11. The molecule has 0 saturated heterocycles. The van der Waals surface area contributed by atoms with Crippen molar-refractivity contribution in [2.75, 3.05) is 17.6 Å². The Balaban J connectivity index is 2.48. The van der Waals surface area contributed by atoms with Crippen LogP contribution in [0.3, 0.4) is 0 Å². The Morgan fingerprint density at radius 3 is 2.64 bits per heavy atom. The highest BCUT2D eigenvalue weighted by Crippen LogP contribution is 2.25. The largest absolute Gasteiger partial charge is 0.383 e. The van der Waals surface area contributed by atoms with Gasteiger partial charge in [0.2, 0.25) is 0 Å². The van der Waals surface area contributed by atoms with Crippen molar-refractivity contribution in [3.05, 3.63) is 6.07 Å². The summed E-state index contributed by atoms with van der Waals surface area (Å²) < 4.78 is 51.7. The highest BCUT2D eigenvalue weighted by atomic mass is 32.1. The highest BCUT2D eigenvalue weighted by molar-refractivity contribution is 7.10. The van der Waals surface area contributed by atoms with Crippen molar-refractivity contribution in [3.8, 4) is 0 Å². The van der Waals surface area contributed by atoms with Crippen LogP contribution in [-0.2, 0) is 0 Å². The number of aromatic nitrogens is 1. The summed E-state index contributed by atoms with van der Waals surface area (Å²) in [7, 11) is 0. The molecule has 8 heteroatoms. The standard InChI is InChI=1S/C6H7F4N3S/c7-5(8)6(9,10)2-12-4-1-3(11)13-14-4/h1,5,12H,2H2,(H2,11,13). The Morgan fingerprint density at radius 1 is 1.57 bits per heavy atom. The van der Waals surface area contributed by atoms with E-state index in [0.717, 1.165) is 11.5 Å².